The third-order valence-electron chi connectivity index (χ3n) is 3.26. The quantitative estimate of drug-likeness (QED) is 0.863. The van der Waals surface area contributed by atoms with Crippen LogP contribution < -0.4 is 5.32 Å². The number of carboxylic acid groups (broad SMARTS) is 1. The molecule has 1 aliphatic carbocycles. The molecule has 1 aliphatic rings. The molecule has 5 heteroatoms. The Morgan fingerprint density at radius 3 is 2.74 bits per heavy atom. The van der Waals surface area contributed by atoms with Gasteiger partial charge in [-0.05, 0) is 30.9 Å². The highest BCUT2D eigenvalue weighted by Crippen LogP contribution is 2.30. The van der Waals surface area contributed by atoms with Crippen molar-refractivity contribution in [3.63, 3.8) is 0 Å². The van der Waals surface area contributed by atoms with Crippen LogP contribution in [0.25, 0.3) is 5.69 Å². The van der Waals surface area contributed by atoms with Gasteiger partial charge in [0.15, 0.2) is 0 Å². The topological polar surface area (TPSA) is 67.1 Å². The van der Waals surface area contributed by atoms with Crippen molar-refractivity contribution in [2.75, 3.05) is 11.9 Å². The third kappa shape index (κ3) is 2.45. The third-order valence-corrected chi connectivity index (χ3v) is 3.26. The summed E-state index contributed by atoms with van der Waals surface area (Å²) in [5.41, 5.74) is 1.07. The molecule has 5 nitrogen and oxygen atoms in total. The maximum absolute atomic E-state index is 11.2. The van der Waals surface area contributed by atoms with Crippen molar-refractivity contribution in [3.8, 4) is 5.69 Å². The van der Waals surface area contributed by atoms with Crippen molar-refractivity contribution in [1.29, 1.82) is 0 Å². The predicted octanol–water partition coefficient (Wildman–Crippen LogP) is 2.39. The Morgan fingerprint density at radius 2 is 2.11 bits per heavy atom. The first-order chi connectivity index (χ1) is 9.25. The summed E-state index contributed by atoms with van der Waals surface area (Å²) in [6.07, 6.45) is 3.83. The molecule has 0 amide bonds. The molecule has 0 unspecified atom stereocenters. The van der Waals surface area contributed by atoms with Crippen LogP contribution >= 0.6 is 0 Å². The number of hydrogen-bond donors (Lipinski definition) is 2. The first-order valence-electron chi connectivity index (χ1n) is 6.36. The van der Waals surface area contributed by atoms with Crippen molar-refractivity contribution in [2.45, 2.75) is 12.8 Å². The lowest BCUT2D eigenvalue weighted by Gasteiger charge is -2.10. The lowest BCUT2D eigenvalue weighted by molar-refractivity contribution is 0.0698. The van der Waals surface area contributed by atoms with Crippen LogP contribution in [-0.2, 0) is 0 Å². The Bertz CT molecular complexity index is 588. The number of nitrogens with one attached hydrogen (secondary N) is 1. The van der Waals surface area contributed by atoms with E-state index in [2.05, 4.69) is 10.4 Å². The number of hydrogen-bond acceptors (Lipinski definition) is 3. The minimum absolute atomic E-state index is 0.213. The fourth-order valence-corrected chi connectivity index (χ4v) is 2.00. The van der Waals surface area contributed by atoms with Gasteiger partial charge in [0.2, 0.25) is 0 Å². The van der Waals surface area contributed by atoms with Gasteiger partial charge in [-0.1, -0.05) is 18.2 Å². The summed E-state index contributed by atoms with van der Waals surface area (Å²) >= 11 is 0. The van der Waals surface area contributed by atoms with E-state index < -0.39 is 5.97 Å². The number of carboxylic acids is 1. The number of anilines is 1. The van der Waals surface area contributed by atoms with Gasteiger partial charge in [0.05, 0.1) is 11.9 Å². The van der Waals surface area contributed by atoms with Gasteiger partial charge in [-0.15, -0.1) is 0 Å². The zero-order chi connectivity index (χ0) is 13.2. The molecular weight excluding hydrogens is 242 g/mol. The maximum Gasteiger partial charge on any atom is 0.341 e. The van der Waals surface area contributed by atoms with Crippen molar-refractivity contribution in [3.05, 3.63) is 42.1 Å². The Morgan fingerprint density at radius 1 is 1.37 bits per heavy atom. The first kappa shape index (κ1) is 11.8. The van der Waals surface area contributed by atoms with Crippen LogP contribution in [0.15, 0.2) is 36.5 Å². The summed E-state index contributed by atoms with van der Waals surface area (Å²) in [5.74, 6) is 0.270. The molecule has 19 heavy (non-hydrogen) atoms. The van der Waals surface area contributed by atoms with E-state index in [1.807, 2.05) is 30.3 Å². The second kappa shape index (κ2) is 4.76. The van der Waals surface area contributed by atoms with E-state index in [0.29, 0.717) is 11.7 Å². The van der Waals surface area contributed by atoms with Gasteiger partial charge in [0.1, 0.15) is 11.4 Å². The van der Waals surface area contributed by atoms with E-state index >= 15 is 0 Å². The van der Waals surface area contributed by atoms with E-state index in [1.54, 1.807) is 4.68 Å². The molecular formula is C14H15N3O2. The van der Waals surface area contributed by atoms with Gasteiger partial charge < -0.3 is 10.4 Å². The molecule has 0 saturated heterocycles. The number of aromatic nitrogens is 2. The highest BCUT2D eigenvalue weighted by atomic mass is 16.4. The molecule has 1 aromatic heterocycles. The van der Waals surface area contributed by atoms with Gasteiger partial charge >= 0.3 is 5.97 Å². The van der Waals surface area contributed by atoms with E-state index in [4.69, 9.17) is 0 Å². The van der Waals surface area contributed by atoms with E-state index in [0.717, 1.165) is 12.2 Å². The monoisotopic (exact) mass is 257 g/mol. The van der Waals surface area contributed by atoms with E-state index in [9.17, 15) is 9.90 Å². The van der Waals surface area contributed by atoms with Crippen LogP contribution in [0, 0.1) is 5.92 Å². The number of carbonyl (C=O) groups is 1. The molecule has 3 rings (SSSR count). The van der Waals surface area contributed by atoms with Crippen LogP contribution in [0.2, 0.25) is 0 Å². The smallest absolute Gasteiger partial charge is 0.341 e. The maximum atomic E-state index is 11.2. The zero-order valence-corrected chi connectivity index (χ0v) is 10.4. The average Bonchev–Trinajstić information content (AvgIpc) is 3.15. The number of benzene rings is 1. The lowest BCUT2D eigenvalue weighted by Crippen LogP contribution is -2.12. The number of aromatic carboxylic acids is 1. The molecule has 1 saturated carbocycles. The fourth-order valence-electron chi connectivity index (χ4n) is 2.00. The number of rotatable bonds is 5. The van der Waals surface area contributed by atoms with Gasteiger partial charge in [-0.25, -0.2) is 9.48 Å². The molecule has 0 bridgehead atoms. The number of para-hydroxylation sites is 1. The lowest BCUT2D eigenvalue weighted by atomic mass is 10.3. The molecule has 98 valence electrons. The Labute approximate surface area is 110 Å². The molecule has 2 aromatic rings. The van der Waals surface area contributed by atoms with Crippen LogP contribution in [-0.4, -0.2) is 27.4 Å². The second-order valence-electron chi connectivity index (χ2n) is 4.78. The fraction of sp³-hybridized carbons (Fsp3) is 0.286. The van der Waals surface area contributed by atoms with Crippen LogP contribution in [0.4, 0.5) is 5.82 Å². The predicted molar refractivity (Wildman–Crippen MR) is 71.7 cm³/mol. The van der Waals surface area contributed by atoms with Crippen molar-refractivity contribution >= 4 is 11.8 Å². The highest BCUT2D eigenvalue weighted by molar-refractivity contribution is 5.93. The Balaban J connectivity index is 1.96. The molecule has 0 spiro atoms. The van der Waals surface area contributed by atoms with Crippen LogP contribution in [0.3, 0.4) is 0 Å². The molecule has 0 aliphatic heterocycles. The van der Waals surface area contributed by atoms with Crippen molar-refractivity contribution in [2.24, 2.45) is 5.92 Å². The molecule has 1 heterocycles. The summed E-state index contributed by atoms with van der Waals surface area (Å²) in [4.78, 5) is 11.2. The molecule has 0 atom stereocenters. The Kier molecular flexibility index (Phi) is 2.95. The normalized spacial score (nSPS) is 14.3. The van der Waals surface area contributed by atoms with Crippen LogP contribution in [0.5, 0.6) is 0 Å². The van der Waals surface area contributed by atoms with Crippen molar-refractivity contribution in [1.82, 2.24) is 9.78 Å². The molecule has 1 fully saturated rings. The molecule has 2 N–H and O–H groups in total. The summed E-state index contributed by atoms with van der Waals surface area (Å²) < 4.78 is 1.64. The van der Waals surface area contributed by atoms with Crippen LogP contribution in [0.1, 0.15) is 23.2 Å². The highest BCUT2D eigenvalue weighted by Gasteiger charge is 2.23. The van der Waals surface area contributed by atoms with Gasteiger partial charge in [-0.2, -0.15) is 5.10 Å². The standard InChI is InChI=1S/C14H15N3O2/c18-14(19)12-9-16-17(11-4-2-1-3-5-11)13(12)15-8-10-6-7-10/h1-5,9-10,15H,6-8H2,(H,18,19). The summed E-state index contributed by atoms with van der Waals surface area (Å²) in [6.45, 7) is 0.804. The molecule has 0 radical (unpaired) electrons. The Hall–Kier alpha value is -2.30. The average molecular weight is 257 g/mol. The first-order valence-corrected chi connectivity index (χ1v) is 6.36. The summed E-state index contributed by atoms with van der Waals surface area (Å²) in [7, 11) is 0. The minimum Gasteiger partial charge on any atom is -0.477 e. The van der Waals surface area contributed by atoms with Crippen molar-refractivity contribution < 1.29 is 9.90 Å². The largest absolute Gasteiger partial charge is 0.477 e. The zero-order valence-electron chi connectivity index (χ0n) is 10.4. The van der Waals surface area contributed by atoms with Gasteiger partial charge in [0, 0.05) is 6.54 Å². The van der Waals surface area contributed by atoms with E-state index in [1.165, 1.54) is 19.0 Å². The van der Waals surface area contributed by atoms with E-state index in [-0.39, 0.29) is 5.56 Å². The SMILES string of the molecule is O=C(O)c1cnn(-c2ccccc2)c1NCC1CC1. The second-order valence-corrected chi connectivity index (χ2v) is 4.78. The summed E-state index contributed by atoms with van der Waals surface area (Å²) in [6, 6.07) is 9.54. The van der Waals surface area contributed by atoms with Gasteiger partial charge in [-0.3, -0.25) is 0 Å². The number of nitrogens with zero attached hydrogens (tertiary/aromatic N) is 2. The minimum atomic E-state index is -0.958. The van der Waals surface area contributed by atoms with Gasteiger partial charge in [0.25, 0.3) is 0 Å². The molecule has 1 aromatic carbocycles. The summed E-state index contributed by atoms with van der Waals surface area (Å²) in [5, 5.41) is 16.6.